The molecule has 0 aromatic heterocycles. The molecule has 1 atom stereocenters. The minimum Gasteiger partial charge on any atom is -0.352 e. The molecule has 2 aromatic rings. The van der Waals surface area contributed by atoms with Crippen LogP contribution >= 0.6 is 23.2 Å². The number of hydrogen-bond acceptors (Lipinski definition) is 3. The fourth-order valence-corrected chi connectivity index (χ4v) is 5.41. The van der Waals surface area contributed by atoms with Gasteiger partial charge in [-0.15, -0.1) is 0 Å². The van der Waals surface area contributed by atoms with E-state index in [0.717, 1.165) is 11.1 Å². The molecule has 1 aliphatic heterocycles. The van der Waals surface area contributed by atoms with E-state index in [9.17, 15) is 13.2 Å². The van der Waals surface area contributed by atoms with Crippen LogP contribution in [0.3, 0.4) is 0 Å². The molecule has 0 saturated carbocycles. The Balaban J connectivity index is 1.61. The van der Waals surface area contributed by atoms with E-state index in [0.29, 0.717) is 41.5 Å². The third-order valence-electron chi connectivity index (χ3n) is 5.03. The summed E-state index contributed by atoms with van der Waals surface area (Å²) < 4.78 is 27.1. The van der Waals surface area contributed by atoms with Gasteiger partial charge in [0.25, 0.3) is 0 Å². The maximum Gasteiger partial charge on any atom is 0.224 e. The number of benzene rings is 2. The predicted octanol–water partition coefficient (Wildman–Crippen LogP) is 4.16. The number of carbonyl (C=O) groups is 1. The molecule has 0 bridgehead atoms. The van der Waals surface area contributed by atoms with Gasteiger partial charge < -0.3 is 5.32 Å². The van der Waals surface area contributed by atoms with Gasteiger partial charge in [-0.25, -0.2) is 12.7 Å². The molecule has 0 radical (unpaired) electrons. The summed E-state index contributed by atoms with van der Waals surface area (Å²) in [5.41, 5.74) is 2.73. The third-order valence-corrected chi connectivity index (χ3v) is 7.59. The molecule has 0 aliphatic carbocycles. The molecule has 1 aliphatic rings. The molecule has 1 heterocycles. The topological polar surface area (TPSA) is 66.5 Å². The Bertz CT molecular complexity index is 995. The Morgan fingerprint density at radius 3 is 2.66 bits per heavy atom. The average molecular weight is 455 g/mol. The second-order valence-corrected chi connectivity index (χ2v) is 10.2. The summed E-state index contributed by atoms with van der Waals surface area (Å²) in [5, 5.41) is 3.65. The summed E-state index contributed by atoms with van der Waals surface area (Å²) in [6.45, 7) is 3.06. The van der Waals surface area contributed by atoms with E-state index in [-0.39, 0.29) is 24.1 Å². The highest BCUT2D eigenvalue weighted by molar-refractivity contribution is 7.88. The van der Waals surface area contributed by atoms with E-state index >= 15 is 0 Å². The molecule has 1 saturated heterocycles. The van der Waals surface area contributed by atoms with Gasteiger partial charge in [-0.3, -0.25) is 4.79 Å². The average Bonchev–Trinajstić information content (AvgIpc) is 2.69. The Hall–Kier alpha value is -1.60. The van der Waals surface area contributed by atoms with Crippen molar-refractivity contribution in [2.75, 3.05) is 13.1 Å². The van der Waals surface area contributed by atoms with Gasteiger partial charge in [-0.2, -0.15) is 0 Å². The molecule has 5 nitrogen and oxygen atoms in total. The first-order valence-electron chi connectivity index (χ1n) is 9.49. The molecule has 1 N–H and O–H groups in total. The number of piperidine rings is 1. The van der Waals surface area contributed by atoms with Crippen LogP contribution < -0.4 is 5.32 Å². The fourth-order valence-electron chi connectivity index (χ4n) is 3.50. The summed E-state index contributed by atoms with van der Waals surface area (Å²) in [5.74, 6) is -0.625. The number of halogens is 2. The number of nitrogens with one attached hydrogen (secondary N) is 1. The first kappa shape index (κ1) is 22.1. The highest BCUT2D eigenvalue weighted by atomic mass is 35.5. The second kappa shape index (κ2) is 9.47. The summed E-state index contributed by atoms with van der Waals surface area (Å²) in [6, 6.07) is 12.8. The standard InChI is InChI=1S/C21H24Cl2N2O3S/c1-15-4-2-5-16(10-15)12-24-21(26)18-6-3-9-25(13-18)29(27,28)14-17-7-8-19(22)20(23)11-17/h2,4-5,7-8,10-11,18H,3,6,9,12-14H2,1H3,(H,24,26). The SMILES string of the molecule is Cc1cccc(CNC(=O)C2CCCN(S(=O)(=O)Cc3ccc(Cl)c(Cl)c3)C2)c1. The van der Waals surface area contributed by atoms with Crippen molar-refractivity contribution in [3.63, 3.8) is 0 Å². The van der Waals surface area contributed by atoms with Crippen molar-refractivity contribution in [1.82, 2.24) is 9.62 Å². The van der Waals surface area contributed by atoms with Gasteiger partial charge in [0, 0.05) is 19.6 Å². The van der Waals surface area contributed by atoms with E-state index in [1.54, 1.807) is 18.2 Å². The van der Waals surface area contributed by atoms with Crippen LogP contribution in [-0.2, 0) is 27.1 Å². The van der Waals surface area contributed by atoms with E-state index in [2.05, 4.69) is 5.32 Å². The zero-order valence-corrected chi connectivity index (χ0v) is 18.5. The maximum absolute atomic E-state index is 12.9. The Morgan fingerprint density at radius 1 is 1.14 bits per heavy atom. The van der Waals surface area contributed by atoms with Gasteiger partial charge in [0.1, 0.15) is 0 Å². The predicted molar refractivity (Wildman–Crippen MR) is 116 cm³/mol. The van der Waals surface area contributed by atoms with Crippen LogP contribution in [0.25, 0.3) is 0 Å². The van der Waals surface area contributed by atoms with Crippen LogP contribution in [0, 0.1) is 12.8 Å². The van der Waals surface area contributed by atoms with Crippen molar-refractivity contribution >= 4 is 39.1 Å². The van der Waals surface area contributed by atoms with Crippen LogP contribution in [-0.4, -0.2) is 31.7 Å². The fraction of sp³-hybridized carbons (Fsp3) is 0.381. The normalized spacial score (nSPS) is 17.8. The van der Waals surface area contributed by atoms with Crippen LogP contribution in [0.4, 0.5) is 0 Å². The minimum atomic E-state index is -3.55. The number of amides is 1. The van der Waals surface area contributed by atoms with E-state index in [4.69, 9.17) is 23.2 Å². The van der Waals surface area contributed by atoms with Gasteiger partial charge in [0.2, 0.25) is 15.9 Å². The van der Waals surface area contributed by atoms with E-state index in [1.165, 1.54) is 4.31 Å². The third kappa shape index (κ3) is 5.95. The summed E-state index contributed by atoms with van der Waals surface area (Å²) in [4.78, 5) is 12.6. The molecule has 8 heteroatoms. The molecular formula is C21H24Cl2N2O3S. The molecule has 1 unspecified atom stereocenters. The highest BCUT2D eigenvalue weighted by Crippen LogP contribution is 2.26. The second-order valence-electron chi connectivity index (χ2n) is 7.41. The number of carbonyl (C=O) groups excluding carboxylic acids is 1. The number of aryl methyl sites for hydroxylation is 1. The lowest BCUT2D eigenvalue weighted by molar-refractivity contribution is -0.126. The zero-order valence-electron chi connectivity index (χ0n) is 16.2. The van der Waals surface area contributed by atoms with Crippen molar-refractivity contribution in [2.45, 2.75) is 32.1 Å². The smallest absolute Gasteiger partial charge is 0.224 e. The molecule has 3 rings (SSSR count). The first-order valence-corrected chi connectivity index (χ1v) is 11.9. The lowest BCUT2D eigenvalue weighted by atomic mass is 9.98. The first-order chi connectivity index (χ1) is 13.7. The van der Waals surface area contributed by atoms with Gasteiger partial charge in [-0.05, 0) is 43.0 Å². The van der Waals surface area contributed by atoms with Crippen molar-refractivity contribution in [3.05, 3.63) is 69.2 Å². The molecule has 29 heavy (non-hydrogen) atoms. The largest absolute Gasteiger partial charge is 0.352 e. The van der Waals surface area contributed by atoms with Gasteiger partial charge >= 0.3 is 0 Å². The lowest BCUT2D eigenvalue weighted by Gasteiger charge is -2.31. The summed E-state index contributed by atoms with van der Waals surface area (Å²) in [7, 11) is -3.55. The number of nitrogens with zero attached hydrogens (tertiary/aromatic N) is 1. The summed E-state index contributed by atoms with van der Waals surface area (Å²) in [6.07, 6.45) is 1.33. The van der Waals surface area contributed by atoms with Crippen molar-refractivity contribution in [1.29, 1.82) is 0 Å². The van der Waals surface area contributed by atoms with Crippen molar-refractivity contribution < 1.29 is 13.2 Å². The molecular weight excluding hydrogens is 431 g/mol. The van der Waals surface area contributed by atoms with Crippen molar-refractivity contribution in [2.24, 2.45) is 5.92 Å². The van der Waals surface area contributed by atoms with Crippen LogP contribution in [0.2, 0.25) is 10.0 Å². The number of rotatable bonds is 6. The van der Waals surface area contributed by atoms with E-state index < -0.39 is 10.0 Å². The Labute approximate surface area is 182 Å². The van der Waals surface area contributed by atoms with Gasteiger partial charge in [-0.1, -0.05) is 59.1 Å². The van der Waals surface area contributed by atoms with Gasteiger partial charge in [0.15, 0.2) is 0 Å². The highest BCUT2D eigenvalue weighted by Gasteiger charge is 2.32. The Morgan fingerprint density at radius 2 is 1.93 bits per heavy atom. The Kier molecular flexibility index (Phi) is 7.22. The molecule has 1 amide bonds. The molecule has 1 fully saturated rings. The monoisotopic (exact) mass is 454 g/mol. The van der Waals surface area contributed by atoms with Crippen LogP contribution in [0.1, 0.15) is 29.5 Å². The minimum absolute atomic E-state index is 0.110. The maximum atomic E-state index is 12.9. The lowest BCUT2D eigenvalue weighted by Crippen LogP contribution is -2.45. The molecule has 156 valence electrons. The summed E-state index contributed by atoms with van der Waals surface area (Å²) >= 11 is 11.9. The van der Waals surface area contributed by atoms with Gasteiger partial charge in [0.05, 0.1) is 21.7 Å². The number of hydrogen-bond donors (Lipinski definition) is 1. The van der Waals surface area contributed by atoms with Crippen molar-refractivity contribution in [3.8, 4) is 0 Å². The zero-order chi connectivity index (χ0) is 21.0. The van der Waals surface area contributed by atoms with Crippen LogP contribution in [0.5, 0.6) is 0 Å². The quantitative estimate of drug-likeness (QED) is 0.712. The molecule has 2 aromatic carbocycles. The van der Waals surface area contributed by atoms with E-state index in [1.807, 2.05) is 31.2 Å². The molecule has 0 spiro atoms. The van der Waals surface area contributed by atoms with Crippen LogP contribution in [0.15, 0.2) is 42.5 Å². The number of sulfonamides is 1.